The topological polar surface area (TPSA) is 21.9 Å². The molecule has 1 nitrogen and oxygen atoms in total. The van der Waals surface area contributed by atoms with Crippen LogP contribution in [0, 0.1) is 20.8 Å². The second-order valence-corrected chi connectivity index (χ2v) is 5.11. The fourth-order valence-electron chi connectivity index (χ4n) is 2.41. The Morgan fingerprint density at radius 3 is 1.86 bits per heavy atom. The Hall–Kier alpha value is -0.820. The Bertz CT molecular complexity index is 354. The number of hydrogen-bond donors (Lipinski definition) is 1. The van der Waals surface area contributed by atoms with Gasteiger partial charge in [-0.2, -0.15) is 0 Å². The lowest BCUT2D eigenvalue weighted by Gasteiger charge is -2.11. The smallest absolute Gasteiger partial charge is 0.0509 e. The van der Waals surface area contributed by atoms with E-state index in [9.17, 15) is 0 Å². The van der Waals surface area contributed by atoms with Gasteiger partial charge >= 0.3 is 0 Å². The summed E-state index contributed by atoms with van der Waals surface area (Å²) in [5, 5.41) is 3.53. The number of benzene rings is 1. The van der Waals surface area contributed by atoms with Crippen LogP contribution in [0.4, 0.5) is 0 Å². The summed E-state index contributed by atoms with van der Waals surface area (Å²) in [7, 11) is 0. The zero-order chi connectivity index (χ0) is 10.5. The van der Waals surface area contributed by atoms with Crippen LogP contribution in [0.2, 0.25) is 0 Å². The molecule has 2 rings (SSSR count). The van der Waals surface area contributed by atoms with Crippen LogP contribution >= 0.6 is 0 Å². The molecule has 1 N–H and O–H groups in total. The van der Waals surface area contributed by atoms with Crippen LogP contribution in [0.15, 0.2) is 12.1 Å². The van der Waals surface area contributed by atoms with Crippen molar-refractivity contribution >= 4 is 0 Å². The van der Waals surface area contributed by atoms with E-state index in [4.69, 9.17) is 0 Å². The lowest BCUT2D eigenvalue weighted by molar-refractivity contribution is 0.751. The van der Waals surface area contributed by atoms with Gasteiger partial charge in [-0.3, -0.25) is 0 Å². The molecule has 0 aromatic heterocycles. The highest BCUT2D eigenvalue weighted by Crippen LogP contribution is 2.42. The lowest BCUT2D eigenvalue weighted by atomic mass is 9.93. The van der Waals surface area contributed by atoms with Crippen LogP contribution in [0.5, 0.6) is 0 Å². The first-order chi connectivity index (χ1) is 6.42. The second-order valence-electron chi connectivity index (χ2n) is 5.11. The van der Waals surface area contributed by atoms with E-state index >= 15 is 0 Å². The van der Waals surface area contributed by atoms with Gasteiger partial charge in [-0.15, -0.1) is 0 Å². The monoisotopic (exact) mass is 189 g/mol. The predicted octanol–water partition coefficient (Wildman–Crippen LogP) is 3.03. The zero-order valence-corrected chi connectivity index (χ0v) is 9.73. The van der Waals surface area contributed by atoms with Crippen molar-refractivity contribution < 1.29 is 0 Å². The van der Waals surface area contributed by atoms with Gasteiger partial charge in [0.1, 0.15) is 0 Å². The molecule has 0 saturated carbocycles. The third kappa shape index (κ3) is 1.46. The molecule has 76 valence electrons. The summed E-state index contributed by atoms with van der Waals surface area (Å²) in [6.07, 6.45) is 0. The number of rotatable bonds is 1. The van der Waals surface area contributed by atoms with Crippen molar-refractivity contribution in [3.8, 4) is 0 Å². The molecule has 0 aliphatic carbocycles. The SMILES string of the molecule is Cc1cc(C)c([C@@H]2NC2(C)C)c(C)c1. The second kappa shape index (κ2) is 2.83. The van der Waals surface area contributed by atoms with E-state index in [0.29, 0.717) is 11.6 Å². The van der Waals surface area contributed by atoms with Crippen molar-refractivity contribution in [2.24, 2.45) is 0 Å². The van der Waals surface area contributed by atoms with E-state index in [1.807, 2.05) is 0 Å². The molecule has 1 fully saturated rings. The van der Waals surface area contributed by atoms with Crippen molar-refractivity contribution in [3.63, 3.8) is 0 Å². The fraction of sp³-hybridized carbons (Fsp3) is 0.538. The van der Waals surface area contributed by atoms with Gasteiger partial charge in [0.15, 0.2) is 0 Å². The molecule has 0 unspecified atom stereocenters. The zero-order valence-electron chi connectivity index (χ0n) is 9.73. The van der Waals surface area contributed by atoms with Gasteiger partial charge in [0, 0.05) is 5.54 Å². The van der Waals surface area contributed by atoms with Gasteiger partial charge in [-0.25, -0.2) is 0 Å². The molecule has 0 amide bonds. The van der Waals surface area contributed by atoms with Crippen LogP contribution in [0.1, 0.15) is 42.1 Å². The van der Waals surface area contributed by atoms with E-state index < -0.39 is 0 Å². The molecule has 14 heavy (non-hydrogen) atoms. The highest BCUT2D eigenvalue weighted by atomic mass is 15.2. The first-order valence-electron chi connectivity index (χ1n) is 5.27. The summed E-state index contributed by atoms with van der Waals surface area (Å²) in [5.41, 5.74) is 6.00. The largest absolute Gasteiger partial charge is 0.301 e. The van der Waals surface area contributed by atoms with Gasteiger partial charge in [-0.05, 0) is 51.3 Å². The summed E-state index contributed by atoms with van der Waals surface area (Å²) in [4.78, 5) is 0. The van der Waals surface area contributed by atoms with Crippen molar-refractivity contribution in [3.05, 3.63) is 34.4 Å². The maximum absolute atomic E-state index is 3.53. The molecule has 1 heteroatoms. The van der Waals surface area contributed by atoms with E-state index in [-0.39, 0.29) is 0 Å². The molecule has 1 aliphatic heterocycles. The van der Waals surface area contributed by atoms with Crippen molar-refractivity contribution in [2.45, 2.75) is 46.2 Å². The Kier molecular flexibility index (Phi) is 1.97. The van der Waals surface area contributed by atoms with E-state index in [1.165, 1.54) is 22.3 Å². The third-order valence-electron chi connectivity index (χ3n) is 3.18. The fourth-order valence-corrected chi connectivity index (χ4v) is 2.41. The molecule has 1 aliphatic rings. The first kappa shape index (κ1) is 9.72. The van der Waals surface area contributed by atoms with Gasteiger partial charge in [0.05, 0.1) is 6.04 Å². The number of hydrogen-bond acceptors (Lipinski definition) is 1. The molecule has 1 heterocycles. The molecule has 0 radical (unpaired) electrons. The summed E-state index contributed by atoms with van der Waals surface area (Å²) < 4.78 is 0. The minimum absolute atomic E-state index is 0.296. The van der Waals surface area contributed by atoms with Crippen LogP contribution in [0.3, 0.4) is 0 Å². The van der Waals surface area contributed by atoms with E-state index in [2.05, 4.69) is 52.1 Å². The van der Waals surface area contributed by atoms with Crippen molar-refractivity contribution in [1.29, 1.82) is 0 Å². The molecule has 1 atom stereocenters. The maximum Gasteiger partial charge on any atom is 0.0509 e. The molecule has 0 spiro atoms. The normalized spacial score (nSPS) is 23.6. The highest BCUT2D eigenvalue weighted by Gasteiger charge is 2.46. The van der Waals surface area contributed by atoms with Crippen LogP contribution in [-0.4, -0.2) is 5.54 Å². The third-order valence-corrected chi connectivity index (χ3v) is 3.18. The number of nitrogens with one attached hydrogen (secondary N) is 1. The average molecular weight is 189 g/mol. The summed E-state index contributed by atoms with van der Waals surface area (Å²) in [6.45, 7) is 11.1. The highest BCUT2D eigenvalue weighted by molar-refractivity contribution is 5.44. The van der Waals surface area contributed by atoms with Gasteiger partial charge in [0.25, 0.3) is 0 Å². The summed E-state index contributed by atoms with van der Waals surface area (Å²) >= 11 is 0. The predicted molar refractivity (Wildman–Crippen MR) is 60.6 cm³/mol. The summed E-state index contributed by atoms with van der Waals surface area (Å²) in [6, 6.07) is 5.11. The summed E-state index contributed by atoms with van der Waals surface area (Å²) in [5.74, 6) is 0. The first-order valence-corrected chi connectivity index (χ1v) is 5.27. The van der Waals surface area contributed by atoms with Gasteiger partial charge < -0.3 is 5.32 Å². The van der Waals surface area contributed by atoms with Crippen LogP contribution < -0.4 is 5.32 Å². The Morgan fingerprint density at radius 1 is 1.07 bits per heavy atom. The lowest BCUT2D eigenvalue weighted by Crippen LogP contribution is -2.02. The molecule has 1 aromatic carbocycles. The Balaban J connectivity index is 2.44. The van der Waals surface area contributed by atoms with Crippen molar-refractivity contribution in [2.75, 3.05) is 0 Å². The van der Waals surface area contributed by atoms with E-state index in [0.717, 1.165) is 0 Å². The van der Waals surface area contributed by atoms with Crippen molar-refractivity contribution in [1.82, 2.24) is 5.32 Å². The Labute approximate surface area is 86.5 Å². The molecular formula is C13H19N. The average Bonchev–Trinajstić information content (AvgIpc) is 2.56. The molecule has 1 aromatic rings. The molecule has 1 saturated heterocycles. The quantitative estimate of drug-likeness (QED) is 0.674. The van der Waals surface area contributed by atoms with E-state index in [1.54, 1.807) is 0 Å². The van der Waals surface area contributed by atoms with Crippen LogP contribution in [0.25, 0.3) is 0 Å². The number of aryl methyl sites for hydroxylation is 3. The van der Waals surface area contributed by atoms with Crippen LogP contribution in [-0.2, 0) is 0 Å². The minimum Gasteiger partial charge on any atom is -0.301 e. The Morgan fingerprint density at radius 2 is 1.50 bits per heavy atom. The van der Waals surface area contributed by atoms with Gasteiger partial charge in [0.2, 0.25) is 0 Å². The van der Waals surface area contributed by atoms with Gasteiger partial charge in [-0.1, -0.05) is 17.7 Å². The minimum atomic E-state index is 0.296. The molecule has 0 bridgehead atoms. The molecular weight excluding hydrogens is 170 g/mol. The standard InChI is InChI=1S/C13H19N/c1-8-6-9(2)11(10(3)7-8)12-13(4,5)14-12/h6-7,12,14H,1-5H3/t12-/m0/s1. The maximum atomic E-state index is 3.53.